The summed E-state index contributed by atoms with van der Waals surface area (Å²) in [6, 6.07) is 13.1. The van der Waals surface area contributed by atoms with Crippen LogP contribution in [0.15, 0.2) is 70.8 Å². The van der Waals surface area contributed by atoms with Crippen molar-refractivity contribution >= 4 is 39.8 Å². The third-order valence-electron chi connectivity index (χ3n) is 5.49. The zero-order valence-corrected chi connectivity index (χ0v) is 22.0. The van der Waals surface area contributed by atoms with Crippen molar-refractivity contribution in [1.82, 2.24) is 5.01 Å². The summed E-state index contributed by atoms with van der Waals surface area (Å²) in [6.07, 6.45) is 5.04. The van der Waals surface area contributed by atoms with Crippen molar-refractivity contribution in [3.8, 4) is 17.2 Å². The molecule has 1 N–H and O–H groups in total. The lowest BCUT2D eigenvalue weighted by Crippen LogP contribution is -2.35. The number of rotatable bonds is 11. The van der Waals surface area contributed by atoms with E-state index >= 15 is 0 Å². The van der Waals surface area contributed by atoms with Crippen molar-refractivity contribution in [2.75, 3.05) is 20.3 Å². The molecular formula is C28H30N4O4S. The summed E-state index contributed by atoms with van der Waals surface area (Å²) in [5.74, 6) is 2.02. The molecule has 0 aliphatic carbocycles. The topological polar surface area (TPSA) is 96.6 Å². The van der Waals surface area contributed by atoms with Crippen LogP contribution in [0.3, 0.4) is 0 Å². The van der Waals surface area contributed by atoms with E-state index in [9.17, 15) is 4.79 Å². The van der Waals surface area contributed by atoms with E-state index in [0.29, 0.717) is 41.5 Å². The maximum absolute atomic E-state index is 12.6. The van der Waals surface area contributed by atoms with Gasteiger partial charge in [0.25, 0.3) is 5.91 Å². The van der Waals surface area contributed by atoms with E-state index in [2.05, 4.69) is 30.5 Å². The molecule has 192 valence electrons. The molecule has 0 aromatic heterocycles. The number of amides is 1. The fourth-order valence-corrected chi connectivity index (χ4v) is 4.82. The monoisotopic (exact) mass is 518 g/mol. The fraction of sp³-hybridized carbons (Fsp3) is 0.286. The lowest BCUT2D eigenvalue weighted by atomic mass is 10.1. The standard InChI is InChI=1S/C28H30N4O4S/c1-5-6-19-9-12-23(24(17-19)34-4)36-14-13-35-21-10-7-20(8-11-21)16-22-26(29)32-28(30-27(22)33)37-25(31-32)15-18(2)3/h5,7-12,16-18,29H,1,6,13-15H2,2-4H3/b22-16-,29-26?. The van der Waals surface area contributed by atoms with Gasteiger partial charge in [-0.1, -0.05) is 38.1 Å². The van der Waals surface area contributed by atoms with Crippen LogP contribution in [-0.2, 0) is 11.2 Å². The SMILES string of the molecule is C=CCc1ccc(OCCOc2ccc(/C=C3/C(=N)N4N=C(CC(C)C)SC4=NC3=O)cc2)c(OC)c1. The largest absolute Gasteiger partial charge is 0.493 e. The molecule has 0 fully saturated rings. The summed E-state index contributed by atoms with van der Waals surface area (Å²) >= 11 is 1.35. The first-order valence-electron chi connectivity index (χ1n) is 12.0. The van der Waals surface area contributed by atoms with Gasteiger partial charge in [0.2, 0.25) is 5.17 Å². The van der Waals surface area contributed by atoms with Crippen LogP contribution in [0.5, 0.6) is 17.2 Å². The first-order valence-corrected chi connectivity index (χ1v) is 12.8. The van der Waals surface area contributed by atoms with Crippen molar-refractivity contribution in [3.05, 3.63) is 71.8 Å². The molecule has 2 aliphatic rings. The molecule has 9 heteroatoms. The van der Waals surface area contributed by atoms with Crippen LogP contribution in [0.2, 0.25) is 0 Å². The van der Waals surface area contributed by atoms with Crippen LogP contribution < -0.4 is 14.2 Å². The van der Waals surface area contributed by atoms with Crippen LogP contribution in [-0.4, -0.2) is 47.3 Å². The van der Waals surface area contributed by atoms with E-state index in [0.717, 1.165) is 29.0 Å². The van der Waals surface area contributed by atoms with Gasteiger partial charge < -0.3 is 14.2 Å². The summed E-state index contributed by atoms with van der Waals surface area (Å²) in [4.78, 5) is 16.7. The predicted molar refractivity (Wildman–Crippen MR) is 149 cm³/mol. The molecule has 0 unspecified atom stereocenters. The molecule has 0 saturated heterocycles. The Labute approximate surface area is 221 Å². The summed E-state index contributed by atoms with van der Waals surface area (Å²) in [6.45, 7) is 8.66. The maximum atomic E-state index is 12.6. The number of nitrogens with zero attached hydrogens (tertiary/aromatic N) is 3. The molecular weight excluding hydrogens is 488 g/mol. The van der Waals surface area contributed by atoms with Gasteiger partial charge in [-0.05, 0) is 65.6 Å². The molecule has 2 aromatic carbocycles. The molecule has 2 heterocycles. The number of allylic oxidation sites excluding steroid dienone is 1. The third kappa shape index (κ3) is 6.48. The Hall–Kier alpha value is -3.85. The number of methoxy groups -OCH3 is 1. The minimum Gasteiger partial charge on any atom is -0.493 e. The predicted octanol–water partition coefficient (Wildman–Crippen LogP) is 5.55. The summed E-state index contributed by atoms with van der Waals surface area (Å²) in [7, 11) is 1.61. The average Bonchev–Trinajstić information content (AvgIpc) is 3.27. The fourth-order valence-electron chi connectivity index (χ4n) is 3.73. The molecule has 8 nitrogen and oxygen atoms in total. The molecule has 37 heavy (non-hydrogen) atoms. The Morgan fingerprint density at radius 3 is 2.57 bits per heavy atom. The number of carbonyl (C=O) groups excluding carboxylic acids is 1. The van der Waals surface area contributed by atoms with Gasteiger partial charge in [0.05, 0.1) is 12.7 Å². The highest BCUT2D eigenvalue weighted by Crippen LogP contribution is 2.31. The summed E-state index contributed by atoms with van der Waals surface area (Å²) < 4.78 is 17.0. The first kappa shape index (κ1) is 26.2. The van der Waals surface area contributed by atoms with Gasteiger partial charge in [-0.15, -0.1) is 6.58 Å². The number of carbonyl (C=O) groups is 1. The van der Waals surface area contributed by atoms with E-state index in [-0.39, 0.29) is 11.4 Å². The van der Waals surface area contributed by atoms with Crippen LogP contribution in [0.1, 0.15) is 31.4 Å². The number of amidine groups is 2. The number of fused-ring (bicyclic) bond motifs is 1. The third-order valence-corrected chi connectivity index (χ3v) is 6.42. The second-order valence-corrected chi connectivity index (χ2v) is 9.90. The molecule has 1 amide bonds. The Morgan fingerprint density at radius 1 is 1.11 bits per heavy atom. The second kappa shape index (κ2) is 11.9. The lowest BCUT2D eigenvalue weighted by Gasteiger charge is -2.20. The molecule has 4 rings (SSSR count). The lowest BCUT2D eigenvalue weighted by molar-refractivity contribution is -0.114. The van der Waals surface area contributed by atoms with E-state index in [1.165, 1.54) is 16.8 Å². The molecule has 2 aliphatic heterocycles. The minimum absolute atomic E-state index is 0.0340. The van der Waals surface area contributed by atoms with Gasteiger partial charge in [0.1, 0.15) is 24.0 Å². The number of aliphatic imine (C=N–C) groups is 1. The Morgan fingerprint density at radius 2 is 1.86 bits per heavy atom. The van der Waals surface area contributed by atoms with Gasteiger partial charge in [0.15, 0.2) is 17.3 Å². The molecule has 2 aromatic rings. The number of hydrogen-bond donors (Lipinski definition) is 1. The second-order valence-electron chi connectivity index (χ2n) is 8.86. The van der Waals surface area contributed by atoms with E-state index < -0.39 is 5.91 Å². The Bertz CT molecular complexity index is 1280. The van der Waals surface area contributed by atoms with Crippen LogP contribution in [0.25, 0.3) is 6.08 Å². The average molecular weight is 519 g/mol. The van der Waals surface area contributed by atoms with Crippen LogP contribution in [0, 0.1) is 11.3 Å². The minimum atomic E-state index is -0.435. The molecule has 0 radical (unpaired) electrons. The number of hydrogen-bond acceptors (Lipinski definition) is 7. The molecule has 0 bridgehead atoms. The number of ether oxygens (including phenoxy) is 3. The number of hydrazone groups is 1. The smallest absolute Gasteiger partial charge is 0.283 e. The highest BCUT2D eigenvalue weighted by Gasteiger charge is 2.35. The van der Waals surface area contributed by atoms with Crippen molar-refractivity contribution in [2.24, 2.45) is 16.0 Å². The van der Waals surface area contributed by atoms with E-state index in [1.54, 1.807) is 13.2 Å². The van der Waals surface area contributed by atoms with E-state index in [1.807, 2.05) is 48.5 Å². The Kier molecular flexibility index (Phi) is 8.45. The van der Waals surface area contributed by atoms with Gasteiger partial charge in [-0.25, -0.2) is 0 Å². The Balaban J connectivity index is 1.33. The van der Waals surface area contributed by atoms with Crippen molar-refractivity contribution in [1.29, 1.82) is 5.41 Å². The van der Waals surface area contributed by atoms with Crippen molar-refractivity contribution in [3.63, 3.8) is 0 Å². The van der Waals surface area contributed by atoms with Gasteiger partial charge in [0, 0.05) is 6.42 Å². The maximum Gasteiger partial charge on any atom is 0.283 e. The zero-order valence-electron chi connectivity index (χ0n) is 21.2. The molecule has 0 atom stereocenters. The highest BCUT2D eigenvalue weighted by molar-refractivity contribution is 8.26. The van der Waals surface area contributed by atoms with Gasteiger partial charge in [-0.2, -0.15) is 15.1 Å². The quantitative estimate of drug-likeness (QED) is 0.238. The summed E-state index contributed by atoms with van der Waals surface area (Å²) in [5.41, 5.74) is 2.07. The molecule has 0 spiro atoms. The normalized spacial score (nSPS) is 16.0. The number of thioether (sulfide) groups is 1. The number of benzene rings is 2. The van der Waals surface area contributed by atoms with Gasteiger partial charge >= 0.3 is 0 Å². The summed E-state index contributed by atoms with van der Waals surface area (Å²) in [5, 5.41) is 15.7. The zero-order chi connectivity index (χ0) is 26.4. The van der Waals surface area contributed by atoms with Crippen molar-refractivity contribution < 1.29 is 19.0 Å². The van der Waals surface area contributed by atoms with Crippen molar-refractivity contribution in [2.45, 2.75) is 26.7 Å². The van der Waals surface area contributed by atoms with Crippen LogP contribution >= 0.6 is 11.8 Å². The molecule has 0 saturated carbocycles. The highest BCUT2D eigenvalue weighted by atomic mass is 32.2. The number of nitrogens with one attached hydrogen (secondary N) is 1. The van der Waals surface area contributed by atoms with E-state index in [4.69, 9.17) is 19.6 Å². The van der Waals surface area contributed by atoms with Gasteiger partial charge in [-0.3, -0.25) is 10.2 Å². The van der Waals surface area contributed by atoms with Crippen LogP contribution in [0.4, 0.5) is 0 Å². The first-order chi connectivity index (χ1) is 17.9.